The fourth-order valence-electron chi connectivity index (χ4n) is 15.9. The van der Waals surface area contributed by atoms with Crippen molar-refractivity contribution >= 4 is 32.3 Å². The maximum absolute atomic E-state index is 9.27. The molecule has 6 heteroatoms. The fraction of sp³-hybridized carbons (Fsp3) is 0.800. The van der Waals surface area contributed by atoms with Crippen LogP contribution in [-0.4, -0.2) is 70.3 Å². The minimum absolute atomic E-state index is 0.333. The van der Waals surface area contributed by atoms with Gasteiger partial charge in [0.15, 0.2) is 0 Å². The molecule has 0 aromatic heterocycles. The lowest BCUT2D eigenvalue weighted by molar-refractivity contribution is 0.282. The molecule has 0 radical (unpaired) electrons. The van der Waals surface area contributed by atoms with Crippen LogP contribution in [0.4, 0.5) is 0 Å². The first-order valence-electron chi connectivity index (χ1n) is 42.7. The highest BCUT2D eigenvalue weighted by molar-refractivity contribution is 6.26. The fourth-order valence-corrected chi connectivity index (χ4v) is 15.9. The van der Waals surface area contributed by atoms with Gasteiger partial charge in [-0.3, -0.25) is 0 Å². The molecule has 0 heterocycles. The summed E-state index contributed by atoms with van der Waals surface area (Å²) >= 11 is 0. The maximum Gasteiger partial charge on any atom is 0.0431 e. The summed E-state index contributed by atoms with van der Waals surface area (Å²) < 4.78 is 0. The summed E-state index contributed by atoms with van der Waals surface area (Å²) in [5.74, 6) is 0. The van der Waals surface area contributed by atoms with E-state index in [1.54, 1.807) is 33.4 Å². The number of rotatable bonds is 72. The highest BCUT2D eigenvalue weighted by Gasteiger charge is 2.19. The lowest BCUT2D eigenvalue weighted by Gasteiger charge is -2.21. The van der Waals surface area contributed by atoms with E-state index in [4.69, 9.17) is 0 Å². The molecule has 552 valence electrons. The molecular weight excluding hydrogens is 1180 g/mol. The van der Waals surface area contributed by atoms with Gasteiger partial charge in [0.05, 0.1) is 0 Å². The zero-order valence-corrected chi connectivity index (χ0v) is 63.1. The van der Waals surface area contributed by atoms with Crippen LogP contribution in [0.3, 0.4) is 0 Å². The molecule has 4 aromatic carbocycles. The number of benzene rings is 4. The Morgan fingerprint density at radius 1 is 0.115 bits per heavy atom. The van der Waals surface area contributed by atoms with Crippen LogP contribution in [0.15, 0.2) is 36.4 Å². The second kappa shape index (κ2) is 62.2. The number of hydrogen-bond acceptors (Lipinski definition) is 6. The molecule has 0 saturated heterocycles. The summed E-state index contributed by atoms with van der Waals surface area (Å²) in [5, 5.41) is 64.7. The summed E-state index contributed by atoms with van der Waals surface area (Å²) in [5.41, 5.74) is 9.77. The molecule has 4 aromatic rings. The van der Waals surface area contributed by atoms with Crippen LogP contribution in [0.1, 0.15) is 419 Å². The van der Waals surface area contributed by atoms with Gasteiger partial charge in [-0.05, 0) is 181 Å². The molecule has 0 bridgehead atoms. The molecule has 0 atom stereocenters. The molecule has 0 spiro atoms. The summed E-state index contributed by atoms with van der Waals surface area (Å²) in [6, 6.07) is 16.6. The van der Waals surface area contributed by atoms with Gasteiger partial charge in [-0.15, -0.1) is 0 Å². The van der Waals surface area contributed by atoms with Crippen LogP contribution in [0, 0.1) is 0 Å². The third-order valence-electron chi connectivity index (χ3n) is 22.0. The highest BCUT2D eigenvalue weighted by atomic mass is 16.3. The molecule has 0 aliphatic carbocycles. The van der Waals surface area contributed by atoms with E-state index in [0.29, 0.717) is 39.6 Å². The Balaban J connectivity index is 1.78. The van der Waals surface area contributed by atoms with Gasteiger partial charge >= 0.3 is 0 Å². The first-order chi connectivity index (χ1) is 47.6. The summed E-state index contributed by atoms with van der Waals surface area (Å²) in [6.07, 6.45) is 82.9. The van der Waals surface area contributed by atoms with Crippen molar-refractivity contribution in [3.63, 3.8) is 0 Å². The molecule has 4 rings (SSSR count). The zero-order valence-electron chi connectivity index (χ0n) is 63.1. The van der Waals surface area contributed by atoms with Gasteiger partial charge in [-0.2, -0.15) is 0 Å². The van der Waals surface area contributed by atoms with Crippen molar-refractivity contribution in [1.82, 2.24) is 0 Å². The van der Waals surface area contributed by atoms with Crippen LogP contribution in [-0.2, 0) is 38.5 Å². The molecule has 6 N–H and O–H groups in total. The Labute approximate surface area is 593 Å². The lowest BCUT2D eigenvalue weighted by Crippen LogP contribution is -2.01. The summed E-state index contributed by atoms with van der Waals surface area (Å²) in [6.45, 7) is 2.00. The second-order valence-corrected chi connectivity index (χ2v) is 30.6. The van der Waals surface area contributed by atoms with Crippen molar-refractivity contribution in [2.24, 2.45) is 0 Å². The van der Waals surface area contributed by atoms with Crippen molar-refractivity contribution in [3.8, 4) is 0 Å². The van der Waals surface area contributed by atoms with Crippen LogP contribution in [0.5, 0.6) is 0 Å². The van der Waals surface area contributed by atoms with Gasteiger partial charge < -0.3 is 30.6 Å². The largest absolute Gasteiger partial charge is 0.396 e. The average molecular weight is 1330 g/mol. The molecular formula is C90H156O6. The van der Waals surface area contributed by atoms with Crippen molar-refractivity contribution < 1.29 is 30.6 Å². The van der Waals surface area contributed by atoms with E-state index in [2.05, 4.69) is 36.4 Å². The summed E-state index contributed by atoms with van der Waals surface area (Å²) in [7, 11) is 0. The monoisotopic (exact) mass is 1330 g/mol. The molecule has 0 unspecified atom stereocenters. The highest BCUT2D eigenvalue weighted by Crippen LogP contribution is 2.41. The number of fused-ring (bicyclic) bond motifs is 6. The smallest absolute Gasteiger partial charge is 0.0431 e. The molecule has 0 amide bonds. The van der Waals surface area contributed by atoms with Gasteiger partial charge in [0.25, 0.3) is 0 Å². The van der Waals surface area contributed by atoms with Crippen molar-refractivity contribution in [3.05, 3.63) is 69.8 Å². The van der Waals surface area contributed by atoms with E-state index in [-0.39, 0.29) is 0 Å². The Bertz CT molecular complexity index is 1940. The van der Waals surface area contributed by atoms with Crippen molar-refractivity contribution in [2.45, 2.75) is 424 Å². The van der Waals surface area contributed by atoms with E-state index >= 15 is 0 Å². The summed E-state index contributed by atoms with van der Waals surface area (Å²) in [4.78, 5) is 0. The second-order valence-electron chi connectivity index (χ2n) is 30.6. The van der Waals surface area contributed by atoms with Crippen molar-refractivity contribution in [1.29, 1.82) is 0 Å². The number of hydrogen-bond donors (Lipinski definition) is 6. The van der Waals surface area contributed by atoms with Crippen LogP contribution < -0.4 is 0 Å². The lowest BCUT2D eigenvalue weighted by atomic mass is 9.84. The normalized spacial score (nSPS) is 11.9. The van der Waals surface area contributed by atoms with E-state index in [0.717, 1.165) is 38.5 Å². The Kier molecular flexibility index (Phi) is 55.6. The number of aliphatic hydroxyl groups excluding tert-OH is 6. The van der Waals surface area contributed by atoms with Crippen molar-refractivity contribution in [2.75, 3.05) is 39.6 Å². The number of aryl methyl sites for hydroxylation is 6. The van der Waals surface area contributed by atoms with E-state index in [9.17, 15) is 30.6 Å². The first kappa shape index (κ1) is 85.8. The molecule has 0 aliphatic rings. The van der Waals surface area contributed by atoms with Gasteiger partial charge in [-0.1, -0.05) is 345 Å². The van der Waals surface area contributed by atoms with Gasteiger partial charge in [0.1, 0.15) is 0 Å². The Morgan fingerprint density at radius 2 is 0.198 bits per heavy atom. The first-order valence-corrected chi connectivity index (χ1v) is 42.7. The molecule has 0 aliphatic heterocycles. The predicted molar refractivity (Wildman–Crippen MR) is 421 cm³/mol. The molecule has 0 saturated carbocycles. The SMILES string of the molecule is OCCCCCCCCCCCCc1cc2c3cc(CCCCCCCCCCCCO)c(CCCCCCCCCCCCO)cc3c3cc(CCCCCCCCCCCCO)c(CCCCCCCCCCCCO)cc3c2cc1CCCCCCCCCCCCO. The number of unbranched alkanes of at least 4 members (excludes halogenated alkanes) is 54. The van der Waals surface area contributed by atoms with Gasteiger partial charge in [0, 0.05) is 39.6 Å². The van der Waals surface area contributed by atoms with E-state index in [1.165, 1.54) is 418 Å². The average Bonchev–Trinajstić information content (AvgIpc) is 0.729. The van der Waals surface area contributed by atoms with Crippen LogP contribution in [0.2, 0.25) is 0 Å². The standard InChI is InChI=1S/C90H156O6/c91-67-55-43-31-19-7-1-13-25-37-49-61-79-73-85-86(74-80(79)62-50-38-26-14-2-8-20-32-44-56-68-92)88-76-82(64-52-40-28-16-4-10-22-34-46-58-70-94)84(66-54-42-30-18-6-12-24-36-48-60-72-96)78-90(88)89-77-83(65-53-41-29-17-5-11-23-35-47-59-71-95)81(75-87(85)89)63-51-39-27-15-3-9-21-33-45-57-69-93/h73-78,91-96H,1-72H2. The Morgan fingerprint density at radius 3 is 0.292 bits per heavy atom. The maximum atomic E-state index is 9.27. The topological polar surface area (TPSA) is 121 Å². The minimum atomic E-state index is 0.333. The predicted octanol–water partition coefficient (Wildman–Crippen LogP) is 25.8. The third-order valence-corrected chi connectivity index (χ3v) is 22.0. The molecule has 6 nitrogen and oxygen atoms in total. The molecule has 0 fully saturated rings. The van der Waals surface area contributed by atoms with Gasteiger partial charge in [0.2, 0.25) is 0 Å². The van der Waals surface area contributed by atoms with Gasteiger partial charge in [-0.25, -0.2) is 0 Å². The third kappa shape index (κ3) is 40.8. The minimum Gasteiger partial charge on any atom is -0.396 e. The van der Waals surface area contributed by atoms with E-state index < -0.39 is 0 Å². The van der Waals surface area contributed by atoms with Crippen LogP contribution >= 0.6 is 0 Å². The zero-order chi connectivity index (χ0) is 68.1. The Hall–Kier alpha value is -2.58. The van der Waals surface area contributed by atoms with E-state index in [1.807, 2.05) is 0 Å². The van der Waals surface area contributed by atoms with Crippen LogP contribution in [0.25, 0.3) is 32.3 Å². The quantitative estimate of drug-likeness (QED) is 0.0193. The molecule has 96 heavy (non-hydrogen) atoms. The number of aliphatic hydroxyl groups is 6.